The van der Waals surface area contributed by atoms with Gasteiger partial charge in [-0.05, 0) is 61.1 Å². The largest absolute Gasteiger partial charge is 0.496 e. The lowest BCUT2D eigenvalue weighted by Crippen LogP contribution is -2.48. The van der Waals surface area contributed by atoms with Crippen molar-refractivity contribution >= 4 is 29.9 Å². The van der Waals surface area contributed by atoms with Crippen LogP contribution in [0, 0.1) is 12.7 Å². The first kappa shape index (κ1) is 27.2. The lowest BCUT2D eigenvalue weighted by atomic mass is 10.0. The maximum atomic E-state index is 13.9. The highest BCUT2D eigenvalue weighted by Gasteiger charge is 2.20. The summed E-state index contributed by atoms with van der Waals surface area (Å²) >= 11 is 0. The Labute approximate surface area is 214 Å². The summed E-state index contributed by atoms with van der Waals surface area (Å²) in [5, 5.41) is 6.96. The van der Waals surface area contributed by atoms with Crippen LogP contribution < -0.4 is 20.1 Å². The first-order chi connectivity index (χ1) is 15.5. The second kappa shape index (κ2) is 13.6. The highest BCUT2D eigenvalue weighted by Crippen LogP contribution is 2.21. The van der Waals surface area contributed by atoms with Crippen LogP contribution in [0.25, 0.3) is 0 Å². The monoisotopic (exact) mass is 570 g/mol. The third-order valence-electron chi connectivity index (χ3n) is 5.95. The summed E-state index contributed by atoms with van der Waals surface area (Å²) in [5.41, 5.74) is 3.35. The number of nitrogens with zero attached hydrogens (tertiary/aromatic N) is 2. The van der Waals surface area contributed by atoms with E-state index in [0.29, 0.717) is 6.04 Å². The maximum absolute atomic E-state index is 13.9. The van der Waals surface area contributed by atoms with Crippen molar-refractivity contribution < 1.29 is 13.9 Å². The molecular weight excluding hydrogens is 534 g/mol. The van der Waals surface area contributed by atoms with Crippen LogP contribution in [0.15, 0.2) is 41.4 Å². The van der Waals surface area contributed by atoms with Crippen LogP contribution in [-0.2, 0) is 13.0 Å². The molecule has 0 unspecified atom stereocenters. The molecule has 1 saturated heterocycles. The molecular formula is C25H36FIN4O2. The highest BCUT2D eigenvalue weighted by molar-refractivity contribution is 14.0. The van der Waals surface area contributed by atoms with Crippen LogP contribution in [0.2, 0.25) is 0 Å². The summed E-state index contributed by atoms with van der Waals surface area (Å²) in [6, 6.07) is 11.9. The van der Waals surface area contributed by atoms with Gasteiger partial charge in [-0.15, -0.1) is 24.0 Å². The standard InChI is InChI=1S/C25H35FN4O2.HI/c1-18-5-6-19(16-24(18)32-4)9-12-28-25(27-2)29-21-10-13-30(14-11-21)17-20-7-8-23(31-3)22(26)15-20;/h5-8,15-16,21H,9-14,17H2,1-4H3,(H2,27,28,29);1H. The van der Waals surface area contributed by atoms with E-state index in [9.17, 15) is 4.39 Å². The van der Waals surface area contributed by atoms with E-state index in [0.717, 1.165) is 68.3 Å². The number of hydrogen-bond donors (Lipinski definition) is 2. The predicted octanol–water partition coefficient (Wildman–Crippen LogP) is 4.14. The highest BCUT2D eigenvalue weighted by atomic mass is 127. The molecule has 1 fully saturated rings. The van der Waals surface area contributed by atoms with Crippen molar-refractivity contribution in [1.29, 1.82) is 0 Å². The Bertz CT molecular complexity index is 917. The first-order valence-electron chi connectivity index (χ1n) is 11.2. The zero-order valence-electron chi connectivity index (χ0n) is 20.0. The van der Waals surface area contributed by atoms with Gasteiger partial charge in [-0.3, -0.25) is 9.89 Å². The summed E-state index contributed by atoms with van der Waals surface area (Å²) in [5.74, 6) is 1.74. The van der Waals surface area contributed by atoms with Crippen molar-refractivity contribution in [1.82, 2.24) is 15.5 Å². The van der Waals surface area contributed by atoms with Crippen LogP contribution in [0.4, 0.5) is 4.39 Å². The Morgan fingerprint density at radius 3 is 2.39 bits per heavy atom. The molecule has 182 valence electrons. The molecule has 0 radical (unpaired) electrons. The fraction of sp³-hybridized carbons (Fsp3) is 0.480. The number of rotatable bonds is 8. The number of guanidine groups is 1. The van der Waals surface area contributed by atoms with E-state index in [1.54, 1.807) is 26.3 Å². The Balaban J connectivity index is 0.00000385. The molecule has 2 aromatic carbocycles. The van der Waals surface area contributed by atoms with Crippen LogP contribution in [0.1, 0.15) is 29.5 Å². The van der Waals surface area contributed by atoms with Gasteiger partial charge in [-0.1, -0.05) is 18.2 Å². The molecule has 0 aliphatic carbocycles. The predicted molar refractivity (Wildman–Crippen MR) is 143 cm³/mol. The maximum Gasteiger partial charge on any atom is 0.191 e. The van der Waals surface area contributed by atoms with Gasteiger partial charge in [0.05, 0.1) is 14.2 Å². The van der Waals surface area contributed by atoms with Gasteiger partial charge < -0.3 is 20.1 Å². The molecule has 1 aliphatic heterocycles. The number of methoxy groups -OCH3 is 2. The molecule has 2 aromatic rings. The van der Waals surface area contributed by atoms with Crippen molar-refractivity contribution in [2.24, 2.45) is 4.99 Å². The molecule has 0 amide bonds. The Hall–Kier alpha value is -2.07. The Kier molecular flexibility index (Phi) is 11.2. The molecule has 8 heteroatoms. The molecule has 0 atom stereocenters. The number of aryl methyl sites for hydroxylation is 1. The summed E-state index contributed by atoms with van der Waals surface area (Å²) in [6.07, 6.45) is 2.94. The average molecular weight is 570 g/mol. The number of likely N-dealkylation sites (tertiary alicyclic amines) is 1. The minimum absolute atomic E-state index is 0. The number of piperidine rings is 1. The number of hydrogen-bond acceptors (Lipinski definition) is 4. The summed E-state index contributed by atoms with van der Waals surface area (Å²) < 4.78 is 24.3. The van der Waals surface area contributed by atoms with Crippen molar-refractivity contribution in [3.63, 3.8) is 0 Å². The molecule has 2 N–H and O–H groups in total. The Morgan fingerprint density at radius 1 is 1.06 bits per heavy atom. The second-order valence-electron chi connectivity index (χ2n) is 8.22. The number of ether oxygens (including phenoxy) is 2. The topological polar surface area (TPSA) is 58.1 Å². The van der Waals surface area contributed by atoms with Crippen LogP contribution in [0.5, 0.6) is 11.5 Å². The Morgan fingerprint density at radius 2 is 1.76 bits per heavy atom. The number of nitrogens with one attached hydrogen (secondary N) is 2. The molecule has 3 rings (SSSR count). The number of aliphatic imine (C=N–C) groups is 1. The van der Waals surface area contributed by atoms with Gasteiger partial charge in [0.25, 0.3) is 0 Å². The molecule has 33 heavy (non-hydrogen) atoms. The van der Waals surface area contributed by atoms with E-state index in [-0.39, 0.29) is 35.5 Å². The van der Waals surface area contributed by atoms with E-state index in [1.165, 1.54) is 12.7 Å². The molecule has 1 aliphatic rings. The van der Waals surface area contributed by atoms with Gasteiger partial charge >= 0.3 is 0 Å². The molecule has 0 saturated carbocycles. The molecule has 0 aromatic heterocycles. The first-order valence-corrected chi connectivity index (χ1v) is 11.2. The second-order valence-corrected chi connectivity index (χ2v) is 8.22. The lowest BCUT2D eigenvalue weighted by Gasteiger charge is -2.33. The summed E-state index contributed by atoms with van der Waals surface area (Å²) in [7, 11) is 4.99. The van der Waals surface area contributed by atoms with Crippen LogP contribution >= 0.6 is 24.0 Å². The van der Waals surface area contributed by atoms with Gasteiger partial charge in [0, 0.05) is 39.3 Å². The van der Waals surface area contributed by atoms with Gasteiger partial charge in [0.1, 0.15) is 5.75 Å². The summed E-state index contributed by atoms with van der Waals surface area (Å²) in [6.45, 7) is 5.53. The van der Waals surface area contributed by atoms with Crippen LogP contribution in [0.3, 0.4) is 0 Å². The smallest absolute Gasteiger partial charge is 0.191 e. The van der Waals surface area contributed by atoms with E-state index in [4.69, 9.17) is 9.47 Å². The van der Waals surface area contributed by atoms with E-state index in [2.05, 4.69) is 38.7 Å². The zero-order valence-corrected chi connectivity index (χ0v) is 22.3. The summed E-state index contributed by atoms with van der Waals surface area (Å²) in [4.78, 5) is 6.74. The van der Waals surface area contributed by atoms with Gasteiger partial charge in [-0.25, -0.2) is 4.39 Å². The van der Waals surface area contributed by atoms with E-state index >= 15 is 0 Å². The fourth-order valence-corrected chi connectivity index (χ4v) is 4.03. The van der Waals surface area contributed by atoms with Crippen molar-refractivity contribution in [2.75, 3.05) is 40.9 Å². The van der Waals surface area contributed by atoms with Gasteiger partial charge in [-0.2, -0.15) is 0 Å². The van der Waals surface area contributed by atoms with Crippen molar-refractivity contribution in [3.8, 4) is 11.5 Å². The average Bonchev–Trinajstić information content (AvgIpc) is 2.80. The number of benzene rings is 2. The zero-order chi connectivity index (χ0) is 22.9. The molecule has 1 heterocycles. The third-order valence-corrected chi connectivity index (χ3v) is 5.95. The minimum atomic E-state index is -0.305. The SMILES string of the molecule is CN=C(NCCc1ccc(C)c(OC)c1)NC1CCN(Cc2ccc(OC)c(F)c2)CC1.I. The quantitative estimate of drug-likeness (QED) is 0.284. The van der Waals surface area contributed by atoms with Crippen molar-refractivity contribution in [3.05, 3.63) is 58.9 Å². The van der Waals surface area contributed by atoms with E-state index < -0.39 is 0 Å². The van der Waals surface area contributed by atoms with Gasteiger partial charge in [0.2, 0.25) is 0 Å². The third kappa shape index (κ3) is 8.03. The van der Waals surface area contributed by atoms with Crippen molar-refractivity contribution in [2.45, 2.75) is 38.8 Å². The molecule has 6 nitrogen and oxygen atoms in total. The number of halogens is 2. The van der Waals surface area contributed by atoms with E-state index in [1.807, 2.05) is 13.0 Å². The molecule has 0 spiro atoms. The van der Waals surface area contributed by atoms with Gasteiger partial charge in [0.15, 0.2) is 17.5 Å². The van der Waals surface area contributed by atoms with Crippen LogP contribution in [-0.4, -0.2) is 57.8 Å². The lowest BCUT2D eigenvalue weighted by molar-refractivity contribution is 0.198. The molecule has 0 bridgehead atoms. The minimum Gasteiger partial charge on any atom is -0.496 e. The fourth-order valence-electron chi connectivity index (χ4n) is 4.03. The normalized spacial score (nSPS) is 15.0.